The minimum atomic E-state index is -0.253. The Morgan fingerprint density at radius 2 is 2.24 bits per heavy atom. The van der Waals surface area contributed by atoms with E-state index in [0.717, 1.165) is 17.7 Å². The predicted molar refractivity (Wildman–Crippen MR) is 69.6 cm³/mol. The van der Waals surface area contributed by atoms with Crippen molar-refractivity contribution >= 4 is 11.6 Å². The molecular weight excluding hydrogens is 236 g/mol. The normalized spacial score (nSPS) is 32.1. The quantitative estimate of drug-likeness (QED) is 0.894. The zero-order valence-corrected chi connectivity index (χ0v) is 11.3. The summed E-state index contributed by atoms with van der Waals surface area (Å²) in [6, 6.07) is 5.66. The van der Waals surface area contributed by atoms with Crippen molar-refractivity contribution in [2.24, 2.45) is 5.41 Å². The van der Waals surface area contributed by atoms with Crippen molar-refractivity contribution in [2.75, 3.05) is 0 Å². The molecule has 0 heterocycles. The van der Waals surface area contributed by atoms with E-state index in [1.165, 1.54) is 0 Å². The Hall–Kier alpha value is -0.730. The minimum absolute atomic E-state index is 0.0830. The summed E-state index contributed by atoms with van der Waals surface area (Å²) in [5.74, 6) is 0.828. The lowest BCUT2D eigenvalue weighted by molar-refractivity contribution is -0.147. The first-order chi connectivity index (χ1) is 7.97. The molecule has 1 N–H and O–H groups in total. The van der Waals surface area contributed by atoms with Crippen molar-refractivity contribution in [3.63, 3.8) is 0 Å². The van der Waals surface area contributed by atoms with Crippen molar-refractivity contribution in [3.8, 4) is 5.75 Å². The monoisotopic (exact) mass is 254 g/mol. The average Bonchev–Trinajstić information content (AvgIpc) is 2.32. The minimum Gasteiger partial charge on any atom is -0.489 e. The van der Waals surface area contributed by atoms with Gasteiger partial charge in [-0.15, -0.1) is 0 Å². The molecular formula is C14H19ClO2. The molecule has 17 heavy (non-hydrogen) atoms. The molecule has 2 rings (SSSR count). The third-order valence-electron chi connectivity index (χ3n) is 4.12. The highest BCUT2D eigenvalue weighted by Gasteiger charge is 2.51. The molecule has 1 aromatic rings. The van der Waals surface area contributed by atoms with Gasteiger partial charge in [-0.05, 0) is 31.0 Å². The standard InChI is InChI=1S/C14H19ClO2/c1-4-14(3)12(16)8-13(14)17-11-7-10(15)6-5-9(11)2/h5-7,12-13,16H,4,8H2,1-3H3. The van der Waals surface area contributed by atoms with Gasteiger partial charge in [-0.1, -0.05) is 31.5 Å². The SMILES string of the molecule is CCC1(C)C(O)CC1Oc1cc(Cl)ccc1C. The molecule has 3 atom stereocenters. The van der Waals surface area contributed by atoms with Crippen LogP contribution < -0.4 is 4.74 Å². The number of ether oxygens (including phenoxy) is 1. The molecule has 1 aliphatic rings. The van der Waals surface area contributed by atoms with Gasteiger partial charge in [0.25, 0.3) is 0 Å². The molecule has 0 amide bonds. The third kappa shape index (κ3) is 2.16. The number of halogens is 1. The van der Waals surface area contributed by atoms with Crippen LogP contribution in [0.5, 0.6) is 5.75 Å². The van der Waals surface area contributed by atoms with E-state index in [4.69, 9.17) is 16.3 Å². The molecule has 1 aliphatic carbocycles. The van der Waals surface area contributed by atoms with E-state index in [1.54, 1.807) is 0 Å². The predicted octanol–water partition coefficient (Wildman–Crippen LogP) is 3.58. The van der Waals surface area contributed by atoms with Crippen molar-refractivity contribution in [2.45, 2.75) is 45.8 Å². The first kappa shape index (κ1) is 12.7. The van der Waals surface area contributed by atoms with Gasteiger partial charge in [0.05, 0.1) is 6.10 Å². The maximum Gasteiger partial charge on any atom is 0.124 e. The van der Waals surface area contributed by atoms with Gasteiger partial charge in [0.15, 0.2) is 0 Å². The van der Waals surface area contributed by atoms with Crippen LogP contribution in [-0.4, -0.2) is 17.3 Å². The molecule has 1 aromatic carbocycles. The lowest BCUT2D eigenvalue weighted by Gasteiger charge is -2.50. The number of aliphatic hydroxyl groups excluding tert-OH is 1. The van der Waals surface area contributed by atoms with E-state index in [2.05, 4.69) is 13.8 Å². The first-order valence-electron chi connectivity index (χ1n) is 6.08. The van der Waals surface area contributed by atoms with Crippen molar-refractivity contribution in [1.82, 2.24) is 0 Å². The highest BCUT2D eigenvalue weighted by atomic mass is 35.5. The van der Waals surface area contributed by atoms with Gasteiger partial charge in [0, 0.05) is 16.9 Å². The Morgan fingerprint density at radius 3 is 2.82 bits per heavy atom. The van der Waals surface area contributed by atoms with Crippen LogP contribution in [0, 0.1) is 12.3 Å². The van der Waals surface area contributed by atoms with E-state index < -0.39 is 0 Å². The number of aryl methyl sites for hydroxylation is 1. The summed E-state index contributed by atoms with van der Waals surface area (Å²) < 4.78 is 5.99. The van der Waals surface area contributed by atoms with Crippen LogP contribution in [0.15, 0.2) is 18.2 Å². The summed E-state index contributed by atoms with van der Waals surface area (Å²) in [5, 5.41) is 10.5. The van der Waals surface area contributed by atoms with Crippen LogP contribution in [0.1, 0.15) is 32.3 Å². The summed E-state index contributed by atoms with van der Waals surface area (Å²) in [7, 11) is 0. The van der Waals surface area contributed by atoms with Crippen LogP contribution in [0.2, 0.25) is 5.02 Å². The van der Waals surface area contributed by atoms with Gasteiger partial charge in [0.1, 0.15) is 11.9 Å². The molecule has 1 fully saturated rings. The number of hydrogen-bond acceptors (Lipinski definition) is 2. The molecule has 1 saturated carbocycles. The van der Waals surface area contributed by atoms with Gasteiger partial charge in [-0.3, -0.25) is 0 Å². The highest BCUT2D eigenvalue weighted by Crippen LogP contribution is 2.46. The van der Waals surface area contributed by atoms with Crippen LogP contribution >= 0.6 is 11.6 Å². The van der Waals surface area contributed by atoms with Crippen molar-refractivity contribution in [1.29, 1.82) is 0 Å². The number of hydrogen-bond donors (Lipinski definition) is 1. The summed E-state index contributed by atoms with van der Waals surface area (Å²) in [4.78, 5) is 0. The second kappa shape index (κ2) is 4.51. The van der Waals surface area contributed by atoms with Crippen molar-refractivity contribution in [3.05, 3.63) is 28.8 Å². The molecule has 3 heteroatoms. The summed E-state index contributed by atoms with van der Waals surface area (Å²) in [5.41, 5.74) is 0.948. The molecule has 0 saturated heterocycles. The second-order valence-electron chi connectivity index (χ2n) is 5.13. The lowest BCUT2D eigenvalue weighted by Crippen LogP contribution is -2.57. The zero-order chi connectivity index (χ0) is 12.6. The largest absolute Gasteiger partial charge is 0.489 e. The fourth-order valence-corrected chi connectivity index (χ4v) is 2.46. The van der Waals surface area contributed by atoms with Gasteiger partial charge < -0.3 is 9.84 Å². The maximum absolute atomic E-state index is 9.83. The van der Waals surface area contributed by atoms with Gasteiger partial charge >= 0.3 is 0 Å². The highest BCUT2D eigenvalue weighted by molar-refractivity contribution is 6.30. The Bertz CT molecular complexity index is 419. The van der Waals surface area contributed by atoms with Gasteiger partial charge in [0.2, 0.25) is 0 Å². The Morgan fingerprint density at radius 1 is 1.53 bits per heavy atom. The number of benzene rings is 1. The Kier molecular flexibility index (Phi) is 3.37. The zero-order valence-electron chi connectivity index (χ0n) is 10.5. The lowest BCUT2D eigenvalue weighted by atomic mass is 9.63. The molecule has 2 nitrogen and oxygen atoms in total. The first-order valence-corrected chi connectivity index (χ1v) is 6.46. The molecule has 3 unspecified atom stereocenters. The number of rotatable bonds is 3. The van der Waals surface area contributed by atoms with Crippen LogP contribution in [-0.2, 0) is 0 Å². The van der Waals surface area contributed by atoms with Crippen LogP contribution in [0.3, 0.4) is 0 Å². The Balaban J connectivity index is 2.14. The molecule has 0 aliphatic heterocycles. The number of aliphatic hydroxyl groups is 1. The average molecular weight is 255 g/mol. The summed E-state index contributed by atoms with van der Waals surface area (Å²) >= 11 is 5.97. The van der Waals surface area contributed by atoms with Gasteiger partial charge in [-0.2, -0.15) is 0 Å². The van der Waals surface area contributed by atoms with E-state index in [1.807, 2.05) is 25.1 Å². The van der Waals surface area contributed by atoms with E-state index in [9.17, 15) is 5.11 Å². The maximum atomic E-state index is 9.83. The third-order valence-corrected chi connectivity index (χ3v) is 4.35. The van der Waals surface area contributed by atoms with E-state index in [-0.39, 0.29) is 17.6 Å². The fraction of sp³-hybridized carbons (Fsp3) is 0.571. The second-order valence-corrected chi connectivity index (χ2v) is 5.56. The summed E-state index contributed by atoms with van der Waals surface area (Å²) in [6.45, 7) is 6.17. The van der Waals surface area contributed by atoms with E-state index in [0.29, 0.717) is 11.4 Å². The topological polar surface area (TPSA) is 29.5 Å². The van der Waals surface area contributed by atoms with Gasteiger partial charge in [-0.25, -0.2) is 0 Å². The van der Waals surface area contributed by atoms with Crippen LogP contribution in [0.4, 0.5) is 0 Å². The molecule has 0 aromatic heterocycles. The molecule has 0 radical (unpaired) electrons. The molecule has 0 spiro atoms. The molecule has 0 bridgehead atoms. The van der Waals surface area contributed by atoms with E-state index >= 15 is 0 Å². The Labute approximate surface area is 108 Å². The smallest absolute Gasteiger partial charge is 0.124 e. The fourth-order valence-electron chi connectivity index (χ4n) is 2.30. The summed E-state index contributed by atoms with van der Waals surface area (Å²) in [6.07, 6.45) is 1.45. The van der Waals surface area contributed by atoms with Crippen molar-refractivity contribution < 1.29 is 9.84 Å². The van der Waals surface area contributed by atoms with Crippen LogP contribution in [0.25, 0.3) is 0 Å². The molecule has 94 valence electrons.